The molecule has 0 aliphatic carbocycles. The average Bonchev–Trinajstić information content (AvgIpc) is 3.28. The van der Waals surface area contributed by atoms with Gasteiger partial charge in [-0.2, -0.15) is 0 Å². The predicted octanol–water partition coefficient (Wildman–Crippen LogP) is 4.81. The smallest absolute Gasteiger partial charge is 0.180 e. The van der Waals surface area contributed by atoms with Crippen molar-refractivity contribution in [3.63, 3.8) is 0 Å². The molecule has 2 aromatic heterocycles. The molecule has 0 unspecified atom stereocenters. The van der Waals surface area contributed by atoms with Crippen molar-refractivity contribution >= 4 is 44.0 Å². The minimum absolute atomic E-state index is 0.0307. The number of halogens is 1. The highest BCUT2D eigenvalue weighted by Gasteiger charge is 2.20. The topological polar surface area (TPSA) is 116 Å². The van der Waals surface area contributed by atoms with E-state index in [-0.39, 0.29) is 18.1 Å². The lowest BCUT2D eigenvalue weighted by molar-refractivity contribution is 0.0875. The van der Waals surface area contributed by atoms with Crippen LogP contribution >= 0.6 is 11.6 Å². The third kappa shape index (κ3) is 5.62. The third-order valence-electron chi connectivity index (χ3n) is 5.46. The van der Waals surface area contributed by atoms with Crippen LogP contribution in [0.5, 0.6) is 11.5 Å². The lowest BCUT2D eigenvalue weighted by atomic mass is 10.2. The Bertz CT molecular complexity index is 1460. The molecule has 190 valence electrons. The van der Waals surface area contributed by atoms with E-state index in [9.17, 15) is 8.42 Å². The largest absolute Gasteiger partial charge is 0.456 e. The number of nitrogens with zero attached hydrogens (tertiary/aromatic N) is 3. The number of aromatic nitrogens is 3. The Hall–Kier alpha value is -3.18. The number of aliphatic hydroxyl groups is 1. The van der Waals surface area contributed by atoms with Crippen LogP contribution in [0.3, 0.4) is 0 Å². The Kier molecular flexibility index (Phi) is 8.10. The van der Waals surface area contributed by atoms with Gasteiger partial charge in [0.25, 0.3) is 0 Å². The first-order valence-corrected chi connectivity index (χ1v) is 13.3. The molecule has 0 saturated carbocycles. The number of fused-ring (bicyclic) bond motifs is 1. The molecule has 2 N–H and O–H groups in total. The first-order valence-electron chi connectivity index (χ1n) is 11.4. The number of rotatable bonds is 11. The first-order chi connectivity index (χ1) is 17.3. The van der Waals surface area contributed by atoms with Gasteiger partial charge in [-0.25, -0.2) is 18.4 Å². The van der Waals surface area contributed by atoms with Gasteiger partial charge in [-0.3, -0.25) is 0 Å². The van der Waals surface area contributed by atoms with Gasteiger partial charge in [0.15, 0.2) is 15.7 Å². The molecule has 0 saturated heterocycles. The SMILES string of the molecule is CC(C)S(=O)(=O)c1cccc(Oc2cccc(Nc3ncnc4ccn(CCOCCO)c34)c2Cl)c1. The molecule has 2 aromatic carbocycles. The van der Waals surface area contributed by atoms with Crippen molar-refractivity contribution in [1.82, 2.24) is 14.5 Å². The standard InChI is InChI=1S/C25H27ClN4O5S/c1-17(2)36(32,33)19-6-3-5-18(15-19)35-22-8-4-7-20(23(22)26)29-25-24-21(27-16-28-25)9-10-30(24)11-13-34-14-12-31/h3-10,15-17,31H,11-14H2,1-2H3,(H,27,28,29). The van der Waals surface area contributed by atoms with Gasteiger partial charge in [0.05, 0.1) is 41.2 Å². The van der Waals surface area contributed by atoms with Gasteiger partial charge in [-0.05, 0) is 50.2 Å². The van der Waals surface area contributed by atoms with Gasteiger partial charge >= 0.3 is 0 Å². The molecule has 4 rings (SSSR count). The summed E-state index contributed by atoms with van der Waals surface area (Å²) in [6, 6.07) is 13.5. The molecule has 0 amide bonds. The second-order valence-electron chi connectivity index (χ2n) is 8.21. The Morgan fingerprint density at radius 2 is 1.92 bits per heavy atom. The van der Waals surface area contributed by atoms with Crippen molar-refractivity contribution < 1.29 is 23.0 Å². The summed E-state index contributed by atoms with van der Waals surface area (Å²) < 4.78 is 38.4. The lowest BCUT2D eigenvalue weighted by Crippen LogP contribution is -2.13. The summed E-state index contributed by atoms with van der Waals surface area (Å²) in [6.07, 6.45) is 3.36. The van der Waals surface area contributed by atoms with E-state index in [1.807, 2.05) is 16.8 Å². The number of anilines is 2. The number of ether oxygens (including phenoxy) is 2. The molecule has 36 heavy (non-hydrogen) atoms. The van der Waals surface area contributed by atoms with Crippen molar-refractivity contribution in [2.45, 2.75) is 30.5 Å². The summed E-state index contributed by atoms with van der Waals surface area (Å²) in [7, 11) is -3.44. The van der Waals surface area contributed by atoms with Crippen molar-refractivity contribution in [3.05, 3.63) is 66.1 Å². The molecular formula is C25H27ClN4O5S. The maximum absolute atomic E-state index is 12.5. The molecule has 11 heteroatoms. The van der Waals surface area contributed by atoms with E-state index in [2.05, 4.69) is 15.3 Å². The van der Waals surface area contributed by atoms with Crippen LogP contribution in [-0.4, -0.2) is 53.1 Å². The molecule has 4 aromatic rings. The second kappa shape index (κ2) is 11.3. The highest BCUT2D eigenvalue weighted by atomic mass is 35.5. The van der Waals surface area contributed by atoms with Crippen molar-refractivity contribution in [2.75, 3.05) is 25.1 Å². The second-order valence-corrected chi connectivity index (χ2v) is 11.1. The van der Waals surface area contributed by atoms with Crippen LogP contribution < -0.4 is 10.1 Å². The molecule has 0 atom stereocenters. The van der Waals surface area contributed by atoms with Crippen LogP contribution in [-0.2, 0) is 21.1 Å². The van der Waals surface area contributed by atoms with Crippen LogP contribution in [0.2, 0.25) is 5.02 Å². The number of aliphatic hydroxyl groups excluding tert-OH is 1. The van der Waals surface area contributed by atoms with Crippen LogP contribution in [0.25, 0.3) is 11.0 Å². The molecule has 2 heterocycles. The van der Waals surface area contributed by atoms with Crippen LogP contribution in [0.15, 0.2) is 66.0 Å². The van der Waals surface area contributed by atoms with Crippen molar-refractivity contribution in [2.24, 2.45) is 0 Å². The average molecular weight is 531 g/mol. The van der Waals surface area contributed by atoms with Gasteiger partial charge < -0.3 is 24.5 Å². The zero-order valence-electron chi connectivity index (χ0n) is 19.9. The number of sulfone groups is 1. The zero-order valence-corrected chi connectivity index (χ0v) is 21.5. The summed E-state index contributed by atoms with van der Waals surface area (Å²) in [5.74, 6) is 1.27. The van der Waals surface area contributed by atoms with Gasteiger partial charge in [0, 0.05) is 12.7 Å². The van der Waals surface area contributed by atoms with E-state index in [0.29, 0.717) is 41.2 Å². The monoisotopic (exact) mass is 530 g/mol. The molecule has 0 radical (unpaired) electrons. The minimum atomic E-state index is -3.44. The predicted molar refractivity (Wildman–Crippen MR) is 139 cm³/mol. The Balaban J connectivity index is 1.59. The van der Waals surface area contributed by atoms with E-state index in [1.54, 1.807) is 50.2 Å². The summed E-state index contributed by atoms with van der Waals surface area (Å²) in [6.45, 7) is 4.49. The first kappa shape index (κ1) is 25.9. The number of hydrogen-bond donors (Lipinski definition) is 2. The number of nitrogens with one attached hydrogen (secondary N) is 1. The normalized spacial score (nSPS) is 11.8. The molecule has 0 bridgehead atoms. The van der Waals surface area contributed by atoms with E-state index in [0.717, 1.165) is 11.0 Å². The summed E-state index contributed by atoms with van der Waals surface area (Å²) in [5.41, 5.74) is 2.09. The third-order valence-corrected chi connectivity index (χ3v) is 8.00. The summed E-state index contributed by atoms with van der Waals surface area (Å²) in [4.78, 5) is 8.91. The van der Waals surface area contributed by atoms with E-state index in [1.165, 1.54) is 12.4 Å². The van der Waals surface area contributed by atoms with Gasteiger partial charge in [0.2, 0.25) is 0 Å². The molecule has 0 aliphatic rings. The minimum Gasteiger partial charge on any atom is -0.456 e. The molecule has 0 spiro atoms. The fraction of sp³-hybridized carbons (Fsp3) is 0.280. The van der Waals surface area contributed by atoms with E-state index < -0.39 is 15.1 Å². The Morgan fingerprint density at radius 3 is 2.69 bits per heavy atom. The summed E-state index contributed by atoms with van der Waals surface area (Å²) >= 11 is 6.67. The fourth-order valence-corrected chi connectivity index (χ4v) is 4.87. The Labute approximate surface area is 214 Å². The van der Waals surface area contributed by atoms with Gasteiger partial charge in [0.1, 0.15) is 28.4 Å². The Morgan fingerprint density at radius 1 is 1.11 bits per heavy atom. The van der Waals surface area contributed by atoms with Crippen LogP contribution in [0.4, 0.5) is 11.5 Å². The quantitative estimate of drug-likeness (QED) is 0.265. The lowest BCUT2D eigenvalue weighted by Gasteiger charge is -2.15. The number of hydrogen-bond acceptors (Lipinski definition) is 8. The maximum atomic E-state index is 12.5. The van der Waals surface area contributed by atoms with Crippen molar-refractivity contribution in [3.8, 4) is 11.5 Å². The fourth-order valence-electron chi connectivity index (χ4n) is 3.57. The maximum Gasteiger partial charge on any atom is 0.180 e. The highest BCUT2D eigenvalue weighted by Crippen LogP contribution is 2.37. The van der Waals surface area contributed by atoms with E-state index in [4.69, 9.17) is 26.2 Å². The highest BCUT2D eigenvalue weighted by molar-refractivity contribution is 7.92. The van der Waals surface area contributed by atoms with Crippen LogP contribution in [0.1, 0.15) is 13.8 Å². The zero-order chi connectivity index (χ0) is 25.7. The van der Waals surface area contributed by atoms with Gasteiger partial charge in [-0.1, -0.05) is 23.7 Å². The van der Waals surface area contributed by atoms with E-state index >= 15 is 0 Å². The molecular weight excluding hydrogens is 504 g/mol. The van der Waals surface area contributed by atoms with Crippen molar-refractivity contribution in [1.29, 1.82) is 0 Å². The number of benzene rings is 2. The molecule has 9 nitrogen and oxygen atoms in total. The summed E-state index contributed by atoms with van der Waals surface area (Å²) in [5, 5.41) is 11.9. The van der Waals surface area contributed by atoms with Gasteiger partial charge in [-0.15, -0.1) is 0 Å². The molecule has 0 aliphatic heterocycles. The van der Waals surface area contributed by atoms with Crippen LogP contribution in [0, 0.1) is 0 Å². The molecule has 0 fully saturated rings.